The van der Waals surface area contributed by atoms with Crippen molar-refractivity contribution in [2.24, 2.45) is 0 Å². The quantitative estimate of drug-likeness (QED) is 0.803. The van der Waals surface area contributed by atoms with Gasteiger partial charge in [-0.2, -0.15) is 11.8 Å². The lowest BCUT2D eigenvalue weighted by atomic mass is 10.3. The number of carboxylic acids is 1. The van der Waals surface area contributed by atoms with Crippen LogP contribution in [0.5, 0.6) is 0 Å². The molecule has 0 radical (unpaired) electrons. The molecule has 1 unspecified atom stereocenters. The zero-order valence-electron chi connectivity index (χ0n) is 8.73. The highest BCUT2D eigenvalue weighted by Gasteiger charge is 2.05. The summed E-state index contributed by atoms with van der Waals surface area (Å²) in [5, 5.41) is 11.9. The lowest BCUT2D eigenvalue weighted by Crippen LogP contribution is -2.17. The lowest BCUT2D eigenvalue weighted by Gasteiger charge is -2.13. The third-order valence-electron chi connectivity index (χ3n) is 1.81. The van der Waals surface area contributed by atoms with E-state index in [1.165, 1.54) is 6.07 Å². The number of aromatic nitrogens is 1. The van der Waals surface area contributed by atoms with Crippen LogP contribution in [0.15, 0.2) is 18.3 Å². The standard InChI is InChI=1S/C10H14N2O2S/c1-7(6-15-2)12-8-3-4-9(10(13)14)11-5-8/h3-5,7,12H,6H2,1-2H3,(H,13,14). The fourth-order valence-electron chi connectivity index (χ4n) is 1.18. The maximum absolute atomic E-state index is 10.6. The molecular formula is C10H14N2O2S. The van der Waals surface area contributed by atoms with Gasteiger partial charge in [0.1, 0.15) is 5.69 Å². The van der Waals surface area contributed by atoms with Crippen LogP contribution in [0, 0.1) is 0 Å². The van der Waals surface area contributed by atoms with Crippen LogP contribution in [0.1, 0.15) is 17.4 Å². The molecule has 5 heteroatoms. The minimum atomic E-state index is -1.00. The Kier molecular flexibility index (Phi) is 4.42. The molecule has 1 heterocycles. The third kappa shape index (κ3) is 3.79. The fourth-order valence-corrected chi connectivity index (χ4v) is 1.77. The van der Waals surface area contributed by atoms with Gasteiger partial charge in [-0.3, -0.25) is 0 Å². The van der Waals surface area contributed by atoms with E-state index >= 15 is 0 Å². The van der Waals surface area contributed by atoms with Gasteiger partial charge in [-0.1, -0.05) is 0 Å². The Bertz CT molecular complexity index is 327. The van der Waals surface area contributed by atoms with Gasteiger partial charge in [-0.15, -0.1) is 0 Å². The van der Waals surface area contributed by atoms with Crippen molar-refractivity contribution in [3.63, 3.8) is 0 Å². The Labute approximate surface area is 93.1 Å². The molecule has 15 heavy (non-hydrogen) atoms. The summed E-state index contributed by atoms with van der Waals surface area (Å²) in [5.41, 5.74) is 0.916. The van der Waals surface area contributed by atoms with E-state index in [1.807, 2.05) is 6.26 Å². The first-order valence-electron chi connectivity index (χ1n) is 4.58. The van der Waals surface area contributed by atoms with Crippen LogP contribution in [0.4, 0.5) is 5.69 Å². The molecule has 1 atom stereocenters. The fraction of sp³-hybridized carbons (Fsp3) is 0.400. The average Bonchev–Trinajstić information content (AvgIpc) is 2.18. The average molecular weight is 226 g/mol. The Morgan fingerprint density at radius 1 is 1.67 bits per heavy atom. The predicted molar refractivity (Wildman–Crippen MR) is 62.7 cm³/mol. The molecule has 1 aromatic rings. The van der Waals surface area contributed by atoms with Crippen molar-refractivity contribution in [2.75, 3.05) is 17.3 Å². The molecule has 82 valence electrons. The molecule has 0 saturated heterocycles. The van der Waals surface area contributed by atoms with Crippen LogP contribution in [0.2, 0.25) is 0 Å². The molecular weight excluding hydrogens is 212 g/mol. The summed E-state index contributed by atoms with van der Waals surface area (Å²) in [6, 6.07) is 3.57. The number of nitrogens with zero attached hydrogens (tertiary/aromatic N) is 1. The second-order valence-electron chi connectivity index (χ2n) is 3.24. The Balaban J connectivity index is 2.60. The normalized spacial score (nSPS) is 12.1. The van der Waals surface area contributed by atoms with E-state index < -0.39 is 5.97 Å². The van der Waals surface area contributed by atoms with Crippen molar-refractivity contribution in [2.45, 2.75) is 13.0 Å². The molecule has 0 bridgehead atoms. The number of thioether (sulfide) groups is 1. The zero-order valence-corrected chi connectivity index (χ0v) is 9.54. The smallest absolute Gasteiger partial charge is 0.354 e. The minimum Gasteiger partial charge on any atom is -0.477 e. The van der Waals surface area contributed by atoms with Gasteiger partial charge in [0.2, 0.25) is 0 Å². The highest BCUT2D eigenvalue weighted by molar-refractivity contribution is 7.98. The van der Waals surface area contributed by atoms with E-state index in [2.05, 4.69) is 17.2 Å². The van der Waals surface area contributed by atoms with Gasteiger partial charge < -0.3 is 10.4 Å². The summed E-state index contributed by atoms with van der Waals surface area (Å²) in [6.45, 7) is 2.07. The van der Waals surface area contributed by atoms with Crippen LogP contribution in [-0.4, -0.2) is 34.1 Å². The molecule has 0 aliphatic heterocycles. The zero-order chi connectivity index (χ0) is 11.3. The van der Waals surface area contributed by atoms with E-state index in [-0.39, 0.29) is 5.69 Å². The van der Waals surface area contributed by atoms with Gasteiger partial charge in [0.25, 0.3) is 0 Å². The molecule has 0 amide bonds. The highest BCUT2D eigenvalue weighted by Crippen LogP contribution is 2.09. The van der Waals surface area contributed by atoms with E-state index in [1.54, 1.807) is 24.0 Å². The number of carboxylic acid groups (broad SMARTS) is 1. The molecule has 1 aromatic heterocycles. The monoisotopic (exact) mass is 226 g/mol. The summed E-state index contributed by atoms with van der Waals surface area (Å²) in [6.07, 6.45) is 3.59. The van der Waals surface area contributed by atoms with Gasteiger partial charge >= 0.3 is 5.97 Å². The number of nitrogens with one attached hydrogen (secondary N) is 1. The summed E-state index contributed by atoms with van der Waals surface area (Å²) >= 11 is 1.76. The van der Waals surface area contributed by atoms with E-state index in [9.17, 15) is 4.79 Å². The molecule has 0 aliphatic rings. The molecule has 0 spiro atoms. The molecule has 1 rings (SSSR count). The Hall–Kier alpha value is -1.23. The first-order valence-corrected chi connectivity index (χ1v) is 5.97. The number of anilines is 1. The Morgan fingerprint density at radius 3 is 2.87 bits per heavy atom. The van der Waals surface area contributed by atoms with E-state index in [4.69, 9.17) is 5.11 Å². The largest absolute Gasteiger partial charge is 0.477 e. The van der Waals surface area contributed by atoms with Crippen LogP contribution < -0.4 is 5.32 Å². The topological polar surface area (TPSA) is 62.2 Å². The summed E-state index contributed by atoms with van der Waals surface area (Å²) < 4.78 is 0. The van der Waals surface area contributed by atoms with Crippen LogP contribution in [0.3, 0.4) is 0 Å². The number of rotatable bonds is 5. The second kappa shape index (κ2) is 5.60. The summed E-state index contributed by atoms with van der Waals surface area (Å²) in [7, 11) is 0. The predicted octanol–water partition coefficient (Wildman–Crippen LogP) is 1.94. The van der Waals surface area contributed by atoms with E-state index in [0.717, 1.165) is 11.4 Å². The minimum absolute atomic E-state index is 0.0677. The maximum atomic E-state index is 10.6. The van der Waals surface area contributed by atoms with Crippen molar-refractivity contribution < 1.29 is 9.90 Å². The molecule has 0 fully saturated rings. The Morgan fingerprint density at radius 2 is 2.40 bits per heavy atom. The van der Waals surface area contributed by atoms with Crippen LogP contribution in [-0.2, 0) is 0 Å². The van der Waals surface area contributed by atoms with E-state index in [0.29, 0.717) is 6.04 Å². The molecule has 2 N–H and O–H groups in total. The van der Waals surface area contributed by atoms with Gasteiger partial charge in [0.05, 0.1) is 11.9 Å². The number of hydrogen-bond acceptors (Lipinski definition) is 4. The number of carbonyl (C=O) groups is 1. The van der Waals surface area contributed by atoms with Gasteiger partial charge in [-0.25, -0.2) is 9.78 Å². The molecule has 0 aromatic carbocycles. The molecule has 0 aliphatic carbocycles. The SMILES string of the molecule is CSCC(C)Nc1ccc(C(=O)O)nc1. The summed E-state index contributed by atoms with van der Waals surface area (Å²) in [4.78, 5) is 14.4. The van der Waals surface area contributed by atoms with Gasteiger partial charge in [-0.05, 0) is 25.3 Å². The summed E-state index contributed by atoms with van der Waals surface area (Å²) in [5.74, 6) is -0.000516. The first-order chi connectivity index (χ1) is 7.13. The third-order valence-corrected chi connectivity index (χ3v) is 2.65. The number of pyridine rings is 1. The lowest BCUT2D eigenvalue weighted by molar-refractivity contribution is 0.0690. The number of hydrogen-bond donors (Lipinski definition) is 2. The highest BCUT2D eigenvalue weighted by atomic mass is 32.2. The number of aromatic carboxylic acids is 1. The maximum Gasteiger partial charge on any atom is 0.354 e. The van der Waals surface area contributed by atoms with Crippen molar-refractivity contribution in [3.05, 3.63) is 24.0 Å². The second-order valence-corrected chi connectivity index (χ2v) is 4.15. The van der Waals surface area contributed by atoms with Gasteiger partial charge in [0.15, 0.2) is 0 Å². The van der Waals surface area contributed by atoms with Crippen molar-refractivity contribution in [1.29, 1.82) is 0 Å². The van der Waals surface area contributed by atoms with Gasteiger partial charge in [0, 0.05) is 11.8 Å². The van der Waals surface area contributed by atoms with Crippen LogP contribution in [0.25, 0.3) is 0 Å². The van der Waals surface area contributed by atoms with Crippen molar-refractivity contribution in [3.8, 4) is 0 Å². The molecule has 4 nitrogen and oxygen atoms in total. The van der Waals surface area contributed by atoms with Crippen molar-refractivity contribution >= 4 is 23.4 Å². The molecule has 0 saturated carbocycles. The van der Waals surface area contributed by atoms with Crippen LogP contribution >= 0.6 is 11.8 Å². The first kappa shape index (κ1) is 11.8. The van der Waals surface area contributed by atoms with Crippen molar-refractivity contribution in [1.82, 2.24) is 4.98 Å².